The Kier molecular flexibility index (Phi) is 5.49. The molecule has 4 nitrogen and oxygen atoms in total. The Morgan fingerprint density at radius 3 is 1.92 bits per heavy atom. The van der Waals surface area contributed by atoms with Gasteiger partial charge in [-0.25, -0.2) is 0 Å². The van der Waals surface area contributed by atoms with E-state index in [4.69, 9.17) is 5.11 Å². The summed E-state index contributed by atoms with van der Waals surface area (Å²) in [4.78, 5) is 23.6. The number of amides is 1. The number of carbonyl (C=O) groups is 2. The second-order valence-electron chi connectivity index (χ2n) is 6.66. The molecule has 1 aliphatic rings. The van der Waals surface area contributed by atoms with E-state index in [1.54, 1.807) is 0 Å². The highest BCUT2D eigenvalue weighted by Crippen LogP contribution is 2.31. The van der Waals surface area contributed by atoms with Crippen LogP contribution in [0.25, 0.3) is 0 Å². The number of hydrogen-bond acceptors (Lipinski definition) is 2. The maximum atomic E-state index is 12.5. The minimum absolute atomic E-state index is 0.0272. The zero-order valence-corrected chi connectivity index (χ0v) is 14.1. The monoisotopic (exact) mass is 337 g/mol. The average molecular weight is 337 g/mol. The number of carboxylic acid groups (broad SMARTS) is 1. The first-order chi connectivity index (χ1) is 12.1. The van der Waals surface area contributed by atoms with E-state index in [0.717, 1.165) is 11.1 Å². The van der Waals surface area contributed by atoms with Crippen LogP contribution in [0, 0.1) is 11.8 Å². The molecule has 0 unspecified atom stereocenters. The molecule has 2 aromatic rings. The third-order valence-electron chi connectivity index (χ3n) is 5.04. The highest BCUT2D eigenvalue weighted by molar-refractivity contribution is 5.81. The van der Waals surface area contributed by atoms with Gasteiger partial charge in [-0.3, -0.25) is 9.59 Å². The van der Waals surface area contributed by atoms with Gasteiger partial charge in [-0.15, -0.1) is 0 Å². The van der Waals surface area contributed by atoms with Gasteiger partial charge in [0, 0.05) is 18.4 Å². The Balaban J connectivity index is 1.67. The van der Waals surface area contributed by atoms with Gasteiger partial charge < -0.3 is 10.4 Å². The van der Waals surface area contributed by atoms with Crippen molar-refractivity contribution in [1.82, 2.24) is 5.32 Å². The largest absolute Gasteiger partial charge is 0.481 e. The Labute approximate surface area is 147 Å². The summed E-state index contributed by atoms with van der Waals surface area (Å²) in [6, 6.07) is 20.2. The van der Waals surface area contributed by atoms with Gasteiger partial charge in [-0.1, -0.05) is 60.7 Å². The predicted molar refractivity (Wildman–Crippen MR) is 96.2 cm³/mol. The molecule has 0 spiro atoms. The molecule has 0 bridgehead atoms. The summed E-state index contributed by atoms with van der Waals surface area (Å²) in [6.07, 6.45) is 1.70. The Bertz CT molecular complexity index is 675. The number of aliphatic carboxylic acids is 1. The van der Waals surface area contributed by atoms with Crippen molar-refractivity contribution >= 4 is 11.9 Å². The topological polar surface area (TPSA) is 66.4 Å². The third kappa shape index (κ3) is 4.27. The fraction of sp³-hybridized carbons (Fsp3) is 0.333. The minimum atomic E-state index is -0.790. The zero-order valence-electron chi connectivity index (χ0n) is 14.1. The molecule has 1 amide bonds. The van der Waals surface area contributed by atoms with Crippen molar-refractivity contribution in [3.8, 4) is 0 Å². The van der Waals surface area contributed by atoms with Crippen molar-refractivity contribution in [2.24, 2.45) is 11.8 Å². The molecular formula is C21H23NO3. The smallest absolute Gasteiger partial charge is 0.306 e. The number of carboxylic acids is 1. The molecule has 1 saturated carbocycles. The highest BCUT2D eigenvalue weighted by atomic mass is 16.4. The Hall–Kier alpha value is -2.62. The SMILES string of the molecule is O=C(O)[C@@H]1CC[C@H](C(=O)NCC(c2ccccc2)c2ccccc2)C1. The first-order valence-corrected chi connectivity index (χ1v) is 8.75. The van der Waals surface area contributed by atoms with Crippen LogP contribution in [0.5, 0.6) is 0 Å². The van der Waals surface area contributed by atoms with Gasteiger partial charge in [0.15, 0.2) is 0 Å². The summed E-state index contributed by atoms with van der Waals surface area (Å²) in [7, 11) is 0. The lowest BCUT2D eigenvalue weighted by Gasteiger charge is -2.20. The lowest BCUT2D eigenvalue weighted by molar-refractivity contribution is -0.141. The van der Waals surface area contributed by atoms with Gasteiger partial charge in [0.25, 0.3) is 0 Å². The van der Waals surface area contributed by atoms with E-state index in [0.29, 0.717) is 25.8 Å². The van der Waals surface area contributed by atoms with E-state index in [1.165, 1.54) is 0 Å². The maximum Gasteiger partial charge on any atom is 0.306 e. The van der Waals surface area contributed by atoms with E-state index in [9.17, 15) is 9.59 Å². The second-order valence-corrected chi connectivity index (χ2v) is 6.66. The number of rotatable bonds is 6. The first kappa shape index (κ1) is 17.2. The highest BCUT2D eigenvalue weighted by Gasteiger charge is 2.33. The number of carbonyl (C=O) groups excluding carboxylic acids is 1. The normalized spacial score (nSPS) is 19.7. The molecule has 4 heteroatoms. The summed E-state index contributed by atoms with van der Waals surface area (Å²) in [5.41, 5.74) is 2.31. The van der Waals surface area contributed by atoms with Crippen LogP contribution >= 0.6 is 0 Å². The van der Waals surface area contributed by atoms with Crippen LogP contribution in [-0.2, 0) is 9.59 Å². The number of hydrogen-bond donors (Lipinski definition) is 2. The van der Waals surface area contributed by atoms with Crippen LogP contribution in [0.15, 0.2) is 60.7 Å². The number of nitrogens with one attached hydrogen (secondary N) is 1. The van der Waals surface area contributed by atoms with E-state index in [1.807, 2.05) is 36.4 Å². The molecule has 2 aromatic carbocycles. The molecule has 3 rings (SSSR count). The molecular weight excluding hydrogens is 314 g/mol. The summed E-state index contributed by atoms with van der Waals surface area (Å²) < 4.78 is 0. The van der Waals surface area contributed by atoms with E-state index < -0.39 is 5.97 Å². The molecule has 0 aliphatic heterocycles. The lowest BCUT2D eigenvalue weighted by atomic mass is 9.91. The number of benzene rings is 2. The minimum Gasteiger partial charge on any atom is -0.481 e. The van der Waals surface area contributed by atoms with Crippen molar-refractivity contribution in [3.63, 3.8) is 0 Å². The van der Waals surface area contributed by atoms with Gasteiger partial charge in [0.2, 0.25) is 5.91 Å². The van der Waals surface area contributed by atoms with Gasteiger partial charge in [0.05, 0.1) is 5.92 Å². The van der Waals surface area contributed by atoms with Crippen molar-refractivity contribution in [3.05, 3.63) is 71.8 Å². The molecule has 2 N–H and O–H groups in total. The molecule has 130 valence electrons. The van der Waals surface area contributed by atoms with Gasteiger partial charge in [-0.05, 0) is 30.4 Å². The van der Waals surface area contributed by atoms with E-state index >= 15 is 0 Å². The van der Waals surface area contributed by atoms with E-state index in [2.05, 4.69) is 29.6 Å². The summed E-state index contributed by atoms with van der Waals surface area (Å²) in [6.45, 7) is 0.515. The summed E-state index contributed by atoms with van der Waals surface area (Å²) in [5.74, 6) is -1.30. The second kappa shape index (κ2) is 7.97. The van der Waals surface area contributed by atoms with Crippen LogP contribution in [-0.4, -0.2) is 23.5 Å². The molecule has 0 radical (unpaired) electrons. The van der Waals surface area contributed by atoms with Gasteiger partial charge >= 0.3 is 5.97 Å². The van der Waals surface area contributed by atoms with Crippen LogP contribution in [0.1, 0.15) is 36.3 Å². The van der Waals surface area contributed by atoms with Crippen molar-refractivity contribution in [2.75, 3.05) is 6.54 Å². The van der Waals surface area contributed by atoms with Crippen molar-refractivity contribution < 1.29 is 14.7 Å². The Morgan fingerprint density at radius 2 is 1.44 bits per heavy atom. The first-order valence-electron chi connectivity index (χ1n) is 8.75. The van der Waals surface area contributed by atoms with Crippen LogP contribution in [0.2, 0.25) is 0 Å². The standard InChI is InChI=1S/C21H23NO3/c23-20(17-11-12-18(13-17)21(24)25)22-14-19(15-7-3-1-4-8-15)16-9-5-2-6-10-16/h1-10,17-19H,11-14H2,(H,22,23)(H,24,25)/t17-,18+/m0/s1. The lowest BCUT2D eigenvalue weighted by Crippen LogP contribution is -2.33. The molecule has 25 heavy (non-hydrogen) atoms. The average Bonchev–Trinajstić information content (AvgIpc) is 3.14. The molecule has 0 aromatic heterocycles. The van der Waals surface area contributed by atoms with Crippen molar-refractivity contribution in [2.45, 2.75) is 25.2 Å². The third-order valence-corrected chi connectivity index (χ3v) is 5.04. The fourth-order valence-electron chi connectivity index (χ4n) is 3.59. The molecule has 0 saturated heterocycles. The van der Waals surface area contributed by atoms with Crippen molar-refractivity contribution in [1.29, 1.82) is 0 Å². The van der Waals surface area contributed by atoms with Gasteiger partial charge in [-0.2, -0.15) is 0 Å². The summed E-state index contributed by atoms with van der Waals surface area (Å²) >= 11 is 0. The van der Waals surface area contributed by atoms with Gasteiger partial charge in [0.1, 0.15) is 0 Å². The van der Waals surface area contributed by atoms with Crippen LogP contribution < -0.4 is 5.32 Å². The Morgan fingerprint density at radius 1 is 0.920 bits per heavy atom. The molecule has 1 aliphatic carbocycles. The van der Waals surface area contributed by atoms with Crippen LogP contribution in [0.3, 0.4) is 0 Å². The maximum absolute atomic E-state index is 12.5. The predicted octanol–water partition coefficient (Wildman–Crippen LogP) is 3.44. The molecule has 0 heterocycles. The summed E-state index contributed by atoms with van der Waals surface area (Å²) in [5, 5.41) is 12.1. The fourth-order valence-corrected chi connectivity index (χ4v) is 3.59. The molecule has 1 fully saturated rings. The van der Waals surface area contributed by atoms with E-state index in [-0.39, 0.29) is 23.7 Å². The van der Waals surface area contributed by atoms with Crippen LogP contribution in [0.4, 0.5) is 0 Å². The quantitative estimate of drug-likeness (QED) is 0.848. The zero-order chi connectivity index (χ0) is 17.6. The molecule has 2 atom stereocenters.